The second-order valence-corrected chi connectivity index (χ2v) is 1.74. The van der Waals surface area contributed by atoms with Crippen LogP contribution in [-0.4, -0.2) is 0 Å². The van der Waals surface area contributed by atoms with Gasteiger partial charge in [0.1, 0.15) is 0 Å². The number of aryl methyl sites for hydroxylation is 1. The van der Waals surface area contributed by atoms with Gasteiger partial charge in [0.05, 0.1) is 0 Å². The van der Waals surface area contributed by atoms with Gasteiger partial charge in [-0.3, -0.25) is 10.1 Å². The maximum Gasteiger partial charge on any atom is 0.00366 e. The third-order valence-corrected chi connectivity index (χ3v) is 0.940. The number of rotatable bonds is 0. The van der Waals surface area contributed by atoms with Crippen LogP contribution in [0.15, 0.2) is 30.3 Å². The van der Waals surface area contributed by atoms with Crippen molar-refractivity contribution in [2.24, 2.45) is 0 Å². The van der Waals surface area contributed by atoms with E-state index in [1.165, 1.54) is 5.56 Å². The van der Waals surface area contributed by atoms with Gasteiger partial charge in [-0.1, -0.05) is 35.9 Å². The van der Waals surface area contributed by atoms with E-state index in [9.17, 15) is 0 Å². The van der Waals surface area contributed by atoms with Crippen molar-refractivity contribution < 1.29 is 5.34 Å². The second kappa shape index (κ2) is 17.5. The van der Waals surface area contributed by atoms with Gasteiger partial charge in [0, 0.05) is 5.34 Å². The van der Waals surface area contributed by atoms with Gasteiger partial charge in [0.25, 0.3) is 0 Å². The van der Waals surface area contributed by atoms with Crippen molar-refractivity contribution in [1.29, 1.82) is 0 Å². The molecule has 0 aliphatic carbocycles. The molecule has 0 aliphatic heterocycles. The summed E-state index contributed by atoms with van der Waals surface area (Å²) in [7, 11) is 0. The lowest BCUT2D eigenvalue weighted by Gasteiger charge is -1.82. The fraction of sp³-hybridized carbons (Fsp3) is 0.143. The highest BCUT2D eigenvalue weighted by atomic mass is 35.5. The van der Waals surface area contributed by atoms with Gasteiger partial charge >= 0.3 is 0 Å². The Morgan fingerprint density at radius 2 is 1.38 bits per heavy atom. The van der Waals surface area contributed by atoms with Crippen LogP contribution in [0.3, 0.4) is 0 Å². The molecule has 1 aromatic rings. The number of hydrogen-bond donors (Lipinski definition) is 1. The minimum absolute atomic E-state index is 0. The highest BCUT2D eigenvalue weighted by Gasteiger charge is 1.72. The first-order valence-electron chi connectivity index (χ1n) is 2.82. The molecule has 0 bridgehead atoms. The lowest BCUT2D eigenvalue weighted by atomic mass is 10.2. The van der Waals surface area contributed by atoms with Crippen LogP contribution in [0.25, 0.3) is 0 Å². The summed E-state index contributed by atoms with van der Waals surface area (Å²) in [6.07, 6.45) is 0. The van der Waals surface area contributed by atoms with Crippen molar-refractivity contribution in [3.8, 4) is 0 Å². The van der Waals surface area contributed by atoms with Crippen LogP contribution in [0.4, 0.5) is 0 Å². The zero-order chi connectivity index (χ0) is 7.82. The first kappa shape index (κ1) is 22.9. The molecule has 0 spiro atoms. The summed E-state index contributed by atoms with van der Waals surface area (Å²) in [4.78, 5) is 8.12. The summed E-state index contributed by atoms with van der Waals surface area (Å²) >= 11 is 0. The molecule has 0 heterocycles. The van der Waals surface area contributed by atoms with Crippen molar-refractivity contribution in [3.63, 3.8) is 0 Å². The topological polar surface area (TPSA) is 54.1 Å². The number of benzene rings is 1. The predicted molar refractivity (Wildman–Crippen MR) is 60.6 cm³/mol. The number of halogens is 3. The summed E-state index contributed by atoms with van der Waals surface area (Å²) in [6, 6.07) is 10.3. The molecule has 6 heteroatoms. The smallest absolute Gasteiger partial charge is 0.00366 e. The normalized spacial score (nSPS) is 5.62. The zero-order valence-corrected chi connectivity index (χ0v) is 9.38. The Morgan fingerprint density at radius 1 is 1.08 bits per heavy atom. The summed E-state index contributed by atoms with van der Waals surface area (Å²) < 4.78 is 0. The Bertz CT molecular complexity index is 184. The van der Waals surface area contributed by atoms with E-state index < -0.39 is 0 Å². The highest BCUT2D eigenvalue weighted by molar-refractivity contribution is 5.86. The Kier molecular flexibility index (Phi) is 30.9. The lowest BCUT2D eigenvalue weighted by molar-refractivity contribution is -0.398. The summed E-state index contributed by atoms with van der Waals surface area (Å²) in [5, 5.41) is 8.38. The standard InChI is InChI=1S/C7H8.3ClH.HNO2/c1-7-5-3-2-4-6-7;;;;2-1-3/h2-6H,1H3;3*1H;1H. The number of hydrogen-bond acceptors (Lipinski definition) is 2. The average molecular weight is 249 g/mol. The van der Waals surface area contributed by atoms with E-state index >= 15 is 0 Å². The quantitative estimate of drug-likeness (QED) is 0.560. The van der Waals surface area contributed by atoms with Gasteiger partial charge in [0.2, 0.25) is 0 Å². The van der Waals surface area contributed by atoms with E-state index in [4.69, 9.17) is 10.1 Å². The van der Waals surface area contributed by atoms with Crippen LogP contribution in [0.1, 0.15) is 5.56 Å². The van der Waals surface area contributed by atoms with Crippen LogP contribution in [0.2, 0.25) is 0 Å². The minimum Gasteiger partial charge on any atom is -0.267 e. The number of nitrogens with one attached hydrogen (secondary N) is 1. The molecule has 0 aromatic heterocycles. The van der Waals surface area contributed by atoms with Crippen LogP contribution in [-0.2, 0) is 0 Å². The van der Waals surface area contributed by atoms with Crippen molar-refractivity contribution >= 4 is 37.2 Å². The van der Waals surface area contributed by atoms with Gasteiger partial charge in [-0.15, -0.1) is 37.2 Å². The van der Waals surface area contributed by atoms with Crippen LogP contribution in [0.5, 0.6) is 0 Å². The average Bonchev–Trinajstić information content (AvgIpc) is 1.91. The maximum atomic E-state index is 8.12. The Hall–Kier alpha value is -0.510. The molecule has 1 rings (SSSR count). The second-order valence-electron chi connectivity index (χ2n) is 1.74. The third kappa shape index (κ3) is 18.4. The summed E-state index contributed by atoms with van der Waals surface area (Å²) in [5.74, 6) is 0. The van der Waals surface area contributed by atoms with Gasteiger partial charge < -0.3 is 0 Å². The van der Waals surface area contributed by atoms with E-state index in [2.05, 4.69) is 19.1 Å². The maximum absolute atomic E-state index is 8.12. The molecule has 1 aromatic carbocycles. The lowest BCUT2D eigenvalue weighted by Crippen LogP contribution is -2.53. The van der Waals surface area contributed by atoms with Gasteiger partial charge in [-0.05, 0) is 6.92 Å². The molecular weight excluding hydrogens is 236 g/mol. The first-order chi connectivity index (χ1) is 4.81. The molecule has 0 aliphatic rings. The summed E-state index contributed by atoms with van der Waals surface area (Å²) in [6.45, 7) is 2.08. The van der Waals surface area contributed by atoms with Gasteiger partial charge in [-0.25, -0.2) is 0 Å². The van der Waals surface area contributed by atoms with Crippen molar-refractivity contribution in [3.05, 3.63) is 46.0 Å². The summed E-state index contributed by atoms with van der Waals surface area (Å²) in [5.41, 5.74) is 1.32. The molecule has 0 saturated heterocycles. The molecule has 0 unspecified atom stereocenters. The van der Waals surface area contributed by atoms with Gasteiger partial charge in [-0.2, -0.15) is 0 Å². The Labute approximate surface area is 95.7 Å². The van der Waals surface area contributed by atoms with E-state index in [1.807, 2.05) is 18.2 Å². The molecule has 78 valence electrons. The van der Waals surface area contributed by atoms with Crippen LogP contribution in [0, 0.1) is 17.0 Å². The van der Waals surface area contributed by atoms with E-state index in [0.717, 1.165) is 0 Å². The molecule has 0 saturated carbocycles. The molecular formula is C7H12Cl3NO2. The Morgan fingerprint density at radius 3 is 1.54 bits per heavy atom. The fourth-order valence-electron chi connectivity index (χ4n) is 0.534. The van der Waals surface area contributed by atoms with Gasteiger partial charge in [0.15, 0.2) is 0 Å². The van der Waals surface area contributed by atoms with Crippen molar-refractivity contribution in [2.75, 3.05) is 0 Å². The zero-order valence-electron chi connectivity index (χ0n) is 6.93. The molecule has 0 radical (unpaired) electrons. The monoisotopic (exact) mass is 247 g/mol. The third-order valence-electron chi connectivity index (χ3n) is 0.940. The Balaban J connectivity index is -0.0000000615. The van der Waals surface area contributed by atoms with E-state index in [-0.39, 0.29) is 42.6 Å². The first-order valence-corrected chi connectivity index (χ1v) is 2.82. The highest BCUT2D eigenvalue weighted by Crippen LogP contribution is 1.92. The van der Waals surface area contributed by atoms with E-state index in [0.29, 0.717) is 0 Å². The molecule has 3 nitrogen and oxygen atoms in total. The molecule has 0 fully saturated rings. The fourth-order valence-corrected chi connectivity index (χ4v) is 0.534. The van der Waals surface area contributed by atoms with Crippen molar-refractivity contribution in [1.82, 2.24) is 0 Å². The van der Waals surface area contributed by atoms with Crippen LogP contribution < -0.4 is 5.34 Å². The SMILES string of the molecule is Cc1ccccc1.Cl.Cl.Cl.O=[NH+][O-]. The van der Waals surface area contributed by atoms with E-state index in [1.54, 1.807) is 0 Å². The molecule has 13 heavy (non-hydrogen) atoms. The minimum atomic E-state index is 0. The molecule has 0 atom stereocenters. The predicted octanol–water partition coefficient (Wildman–Crippen LogP) is 1.59. The van der Waals surface area contributed by atoms with Crippen LogP contribution >= 0.6 is 37.2 Å². The molecule has 1 N–H and O–H groups in total. The molecule has 0 amide bonds. The van der Waals surface area contributed by atoms with Crippen molar-refractivity contribution in [2.45, 2.75) is 6.92 Å². The largest absolute Gasteiger partial charge is 0.267 e.